The van der Waals surface area contributed by atoms with Gasteiger partial charge in [-0.3, -0.25) is 0 Å². The minimum Gasteiger partial charge on any atom is -0.456 e. The number of nitrogens with zero attached hydrogens (tertiary/aromatic N) is 1. The molecular formula is C52H35NO. The minimum atomic E-state index is 0.890. The second-order valence-corrected chi connectivity index (χ2v) is 13.7. The predicted molar refractivity (Wildman–Crippen MR) is 228 cm³/mol. The van der Waals surface area contributed by atoms with E-state index < -0.39 is 0 Å². The summed E-state index contributed by atoms with van der Waals surface area (Å²) >= 11 is 0. The van der Waals surface area contributed by atoms with Crippen molar-refractivity contribution in [2.45, 2.75) is 0 Å². The molecule has 0 aliphatic carbocycles. The summed E-state index contributed by atoms with van der Waals surface area (Å²) in [5.41, 5.74) is 14.4. The van der Waals surface area contributed by atoms with E-state index in [9.17, 15) is 0 Å². The molecule has 0 atom stereocenters. The summed E-state index contributed by atoms with van der Waals surface area (Å²) in [4.78, 5) is 2.42. The predicted octanol–water partition coefficient (Wildman–Crippen LogP) is 14.9. The molecule has 0 saturated carbocycles. The van der Waals surface area contributed by atoms with Crippen LogP contribution in [0.2, 0.25) is 0 Å². The van der Waals surface area contributed by atoms with Gasteiger partial charge in [-0.2, -0.15) is 0 Å². The Hall–Kier alpha value is -7.16. The molecule has 10 rings (SSSR count). The molecule has 0 bridgehead atoms. The van der Waals surface area contributed by atoms with E-state index in [0.717, 1.165) is 50.1 Å². The molecule has 9 aromatic carbocycles. The van der Waals surface area contributed by atoms with Gasteiger partial charge in [0.05, 0.1) is 5.69 Å². The lowest BCUT2D eigenvalue weighted by molar-refractivity contribution is 0.669. The highest BCUT2D eigenvalue weighted by Crippen LogP contribution is 2.48. The Balaban J connectivity index is 1.25. The maximum absolute atomic E-state index is 6.27. The number of hydrogen-bond donors (Lipinski definition) is 0. The van der Waals surface area contributed by atoms with Crippen molar-refractivity contribution in [3.8, 4) is 44.5 Å². The van der Waals surface area contributed by atoms with Crippen molar-refractivity contribution in [3.63, 3.8) is 0 Å². The van der Waals surface area contributed by atoms with E-state index in [1.807, 2.05) is 12.1 Å². The molecule has 254 valence electrons. The molecule has 0 spiro atoms. The van der Waals surface area contributed by atoms with Crippen molar-refractivity contribution in [3.05, 3.63) is 212 Å². The lowest BCUT2D eigenvalue weighted by Crippen LogP contribution is -2.12. The third kappa shape index (κ3) is 5.62. The van der Waals surface area contributed by atoms with Crippen LogP contribution < -0.4 is 4.90 Å². The Morgan fingerprint density at radius 1 is 0.315 bits per heavy atom. The van der Waals surface area contributed by atoms with Gasteiger partial charge >= 0.3 is 0 Å². The zero-order valence-corrected chi connectivity index (χ0v) is 29.6. The molecule has 54 heavy (non-hydrogen) atoms. The molecule has 0 saturated heterocycles. The molecule has 10 aromatic rings. The van der Waals surface area contributed by atoms with Crippen LogP contribution in [0.4, 0.5) is 17.1 Å². The van der Waals surface area contributed by atoms with E-state index in [0.29, 0.717) is 0 Å². The van der Waals surface area contributed by atoms with Crippen molar-refractivity contribution in [1.29, 1.82) is 0 Å². The number of hydrogen-bond acceptors (Lipinski definition) is 2. The minimum absolute atomic E-state index is 0.890. The summed E-state index contributed by atoms with van der Waals surface area (Å²) in [5, 5.41) is 4.65. The Kier molecular flexibility index (Phi) is 7.85. The second kappa shape index (κ2) is 13.4. The first-order chi connectivity index (χ1) is 26.8. The third-order valence-electron chi connectivity index (χ3n) is 10.5. The van der Waals surface area contributed by atoms with Crippen molar-refractivity contribution < 1.29 is 4.42 Å². The molecule has 2 nitrogen and oxygen atoms in total. The quantitative estimate of drug-likeness (QED) is 0.166. The number of fused-ring (bicyclic) bond motifs is 4. The van der Waals surface area contributed by atoms with Gasteiger partial charge in [0, 0.05) is 27.7 Å². The van der Waals surface area contributed by atoms with E-state index in [2.05, 4.69) is 205 Å². The first kappa shape index (κ1) is 31.6. The smallest absolute Gasteiger partial charge is 0.135 e. The van der Waals surface area contributed by atoms with Crippen LogP contribution in [0.3, 0.4) is 0 Å². The molecule has 0 N–H and O–H groups in total. The molecule has 0 unspecified atom stereocenters. The summed E-state index contributed by atoms with van der Waals surface area (Å²) in [7, 11) is 0. The van der Waals surface area contributed by atoms with Crippen LogP contribution in [0.15, 0.2) is 217 Å². The van der Waals surface area contributed by atoms with Gasteiger partial charge in [-0.25, -0.2) is 0 Å². The van der Waals surface area contributed by atoms with E-state index in [4.69, 9.17) is 4.42 Å². The van der Waals surface area contributed by atoms with Crippen LogP contribution in [0, 0.1) is 0 Å². The zero-order valence-electron chi connectivity index (χ0n) is 29.6. The van der Waals surface area contributed by atoms with Crippen LogP contribution >= 0.6 is 0 Å². The van der Waals surface area contributed by atoms with Crippen molar-refractivity contribution in [2.24, 2.45) is 0 Å². The van der Waals surface area contributed by atoms with Crippen molar-refractivity contribution >= 4 is 49.8 Å². The fourth-order valence-electron chi connectivity index (χ4n) is 7.90. The fourth-order valence-corrected chi connectivity index (χ4v) is 7.90. The van der Waals surface area contributed by atoms with E-state index >= 15 is 0 Å². The van der Waals surface area contributed by atoms with Crippen LogP contribution in [-0.4, -0.2) is 0 Å². The molecular weight excluding hydrogens is 655 g/mol. The molecule has 0 fully saturated rings. The standard InChI is InChI=1S/C52H35NO/c1-3-14-36(15-4-1)38-28-31-42(32-29-38)53(43-21-11-20-40(34-43)37-16-5-2-6-17-37)49-26-13-24-45(52(49)47-25-12-19-39-18-7-8-22-44(39)47)41-30-33-51-48(35-41)46-23-9-10-27-50(46)54-51/h1-35H. The molecule has 0 aliphatic rings. The topological polar surface area (TPSA) is 16.4 Å². The van der Waals surface area contributed by atoms with Gasteiger partial charge in [-0.15, -0.1) is 0 Å². The van der Waals surface area contributed by atoms with Crippen LogP contribution in [0.5, 0.6) is 0 Å². The Labute approximate surface area is 314 Å². The second-order valence-electron chi connectivity index (χ2n) is 13.7. The highest BCUT2D eigenvalue weighted by atomic mass is 16.3. The maximum Gasteiger partial charge on any atom is 0.135 e. The number of anilines is 3. The van der Waals surface area contributed by atoms with Gasteiger partial charge in [0.2, 0.25) is 0 Å². The van der Waals surface area contributed by atoms with Crippen LogP contribution in [0.1, 0.15) is 0 Å². The van der Waals surface area contributed by atoms with Gasteiger partial charge in [-0.05, 0) is 98.2 Å². The van der Waals surface area contributed by atoms with Crippen molar-refractivity contribution in [2.75, 3.05) is 4.90 Å². The summed E-state index contributed by atoms with van der Waals surface area (Å²) in [6, 6.07) is 76.1. The molecule has 0 amide bonds. The summed E-state index contributed by atoms with van der Waals surface area (Å²) in [5.74, 6) is 0. The highest BCUT2D eigenvalue weighted by molar-refractivity contribution is 6.09. The van der Waals surface area contributed by atoms with E-state index in [-0.39, 0.29) is 0 Å². The van der Waals surface area contributed by atoms with Crippen molar-refractivity contribution in [1.82, 2.24) is 0 Å². The number of benzene rings is 9. The molecule has 0 radical (unpaired) electrons. The SMILES string of the molecule is c1ccc(-c2ccc(N(c3cccc(-c4ccccc4)c3)c3cccc(-c4ccc5oc6ccccc6c5c4)c3-c3cccc4ccccc34)cc2)cc1. The number of para-hydroxylation sites is 1. The van der Waals surface area contributed by atoms with Gasteiger partial charge < -0.3 is 9.32 Å². The lowest BCUT2D eigenvalue weighted by atomic mass is 9.89. The average molecular weight is 690 g/mol. The molecule has 2 heteroatoms. The Bertz CT molecular complexity index is 2920. The van der Waals surface area contributed by atoms with Crippen LogP contribution in [0.25, 0.3) is 77.2 Å². The molecule has 0 aliphatic heterocycles. The van der Waals surface area contributed by atoms with E-state index in [1.54, 1.807) is 0 Å². The first-order valence-corrected chi connectivity index (χ1v) is 18.4. The van der Waals surface area contributed by atoms with E-state index in [1.165, 1.54) is 44.2 Å². The van der Waals surface area contributed by atoms with Crippen LogP contribution in [-0.2, 0) is 0 Å². The van der Waals surface area contributed by atoms with Gasteiger partial charge in [0.15, 0.2) is 0 Å². The maximum atomic E-state index is 6.27. The average Bonchev–Trinajstić information content (AvgIpc) is 3.63. The highest BCUT2D eigenvalue weighted by Gasteiger charge is 2.23. The van der Waals surface area contributed by atoms with Gasteiger partial charge in [-0.1, -0.05) is 164 Å². The number of rotatable bonds is 7. The summed E-state index contributed by atoms with van der Waals surface area (Å²) in [6.45, 7) is 0. The first-order valence-electron chi connectivity index (χ1n) is 18.4. The third-order valence-corrected chi connectivity index (χ3v) is 10.5. The largest absolute Gasteiger partial charge is 0.456 e. The Morgan fingerprint density at radius 2 is 0.889 bits per heavy atom. The fraction of sp³-hybridized carbons (Fsp3) is 0. The normalized spacial score (nSPS) is 11.3. The lowest BCUT2D eigenvalue weighted by Gasteiger charge is -2.30. The molecule has 1 heterocycles. The zero-order chi connectivity index (χ0) is 35.8. The Morgan fingerprint density at radius 3 is 1.70 bits per heavy atom. The summed E-state index contributed by atoms with van der Waals surface area (Å²) in [6.07, 6.45) is 0. The molecule has 1 aromatic heterocycles. The monoisotopic (exact) mass is 689 g/mol. The van der Waals surface area contributed by atoms with Gasteiger partial charge in [0.25, 0.3) is 0 Å². The van der Waals surface area contributed by atoms with Gasteiger partial charge in [0.1, 0.15) is 11.2 Å². The number of furan rings is 1. The summed E-state index contributed by atoms with van der Waals surface area (Å²) < 4.78 is 6.27.